The Kier molecular flexibility index (Phi) is 8.97. The number of benzene rings is 2. The number of fused-ring (bicyclic) bond motifs is 1. The first-order valence-electron chi connectivity index (χ1n) is 9.31. The van der Waals surface area contributed by atoms with Crippen LogP contribution >= 0.6 is 24.0 Å². The van der Waals surface area contributed by atoms with Gasteiger partial charge in [0.05, 0.1) is 12.6 Å². The number of hydrogen-bond donors (Lipinski definition) is 2. The maximum Gasteiger partial charge on any atom is 0.191 e. The molecule has 0 bridgehead atoms. The van der Waals surface area contributed by atoms with Crippen molar-refractivity contribution in [3.63, 3.8) is 0 Å². The normalized spacial score (nSPS) is 16.7. The van der Waals surface area contributed by atoms with Crippen molar-refractivity contribution < 1.29 is 13.9 Å². The molecular formula is C21H28FIN4O2. The van der Waals surface area contributed by atoms with Gasteiger partial charge in [-0.3, -0.25) is 4.99 Å². The van der Waals surface area contributed by atoms with Gasteiger partial charge in [-0.15, -0.1) is 24.0 Å². The second-order valence-electron chi connectivity index (χ2n) is 6.87. The predicted octanol–water partition coefficient (Wildman–Crippen LogP) is 3.05. The number of guanidine groups is 1. The minimum absolute atomic E-state index is 0. The Morgan fingerprint density at radius 3 is 2.62 bits per heavy atom. The Morgan fingerprint density at radius 2 is 1.93 bits per heavy atom. The minimum Gasteiger partial charge on any atom is -0.486 e. The fraction of sp³-hybridized carbons (Fsp3) is 0.381. The van der Waals surface area contributed by atoms with Gasteiger partial charge < -0.3 is 25.0 Å². The van der Waals surface area contributed by atoms with Crippen molar-refractivity contribution in [1.29, 1.82) is 0 Å². The molecule has 0 radical (unpaired) electrons. The minimum atomic E-state index is -0.235. The Labute approximate surface area is 188 Å². The number of ether oxygens (including phenoxy) is 2. The summed E-state index contributed by atoms with van der Waals surface area (Å²) in [6, 6.07) is 14.3. The molecule has 29 heavy (non-hydrogen) atoms. The van der Waals surface area contributed by atoms with Crippen LogP contribution in [0.1, 0.15) is 11.6 Å². The number of halogens is 2. The van der Waals surface area contributed by atoms with E-state index in [1.165, 1.54) is 6.07 Å². The van der Waals surface area contributed by atoms with E-state index in [-0.39, 0.29) is 41.9 Å². The van der Waals surface area contributed by atoms with Gasteiger partial charge in [-0.05, 0) is 43.9 Å². The summed E-state index contributed by atoms with van der Waals surface area (Å²) in [6.07, 6.45) is -0.110. The number of para-hydroxylation sites is 2. The first-order valence-corrected chi connectivity index (χ1v) is 9.31. The molecule has 2 unspecified atom stereocenters. The number of hydrogen-bond acceptors (Lipinski definition) is 4. The summed E-state index contributed by atoms with van der Waals surface area (Å²) in [4.78, 5) is 6.31. The number of likely N-dealkylation sites (N-methyl/N-ethyl adjacent to an activating group) is 1. The third-order valence-corrected chi connectivity index (χ3v) is 4.61. The van der Waals surface area contributed by atoms with Crippen LogP contribution in [-0.2, 0) is 0 Å². The van der Waals surface area contributed by atoms with E-state index in [1.54, 1.807) is 19.2 Å². The number of nitrogens with one attached hydrogen (secondary N) is 2. The average molecular weight is 514 g/mol. The molecule has 1 heterocycles. The Morgan fingerprint density at radius 1 is 1.17 bits per heavy atom. The molecule has 2 atom stereocenters. The molecule has 158 valence electrons. The van der Waals surface area contributed by atoms with Crippen molar-refractivity contribution in [3.05, 3.63) is 59.9 Å². The quantitative estimate of drug-likeness (QED) is 0.353. The topological polar surface area (TPSA) is 58.1 Å². The molecular weight excluding hydrogens is 486 g/mol. The van der Waals surface area contributed by atoms with E-state index < -0.39 is 0 Å². The Balaban J connectivity index is 0.00000300. The van der Waals surface area contributed by atoms with Crippen LogP contribution in [0.3, 0.4) is 0 Å². The van der Waals surface area contributed by atoms with Gasteiger partial charge in [0.25, 0.3) is 0 Å². The van der Waals surface area contributed by atoms with Crippen LogP contribution in [0.2, 0.25) is 0 Å². The molecule has 2 N–H and O–H groups in total. The Bertz CT molecular complexity index is 819. The number of nitrogens with zero attached hydrogens (tertiary/aromatic N) is 2. The van der Waals surface area contributed by atoms with E-state index in [0.29, 0.717) is 25.7 Å². The lowest BCUT2D eigenvalue weighted by molar-refractivity contribution is 0.0936. The van der Waals surface area contributed by atoms with Crippen molar-refractivity contribution in [2.45, 2.75) is 12.1 Å². The molecule has 0 saturated carbocycles. The van der Waals surface area contributed by atoms with Crippen LogP contribution < -0.4 is 20.1 Å². The van der Waals surface area contributed by atoms with Gasteiger partial charge in [0.15, 0.2) is 17.5 Å². The molecule has 1 aliphatic heterocycles. The van der Waals surface area contributed by atoms with Crippen molar-refractivity contribution in [2.75, 3.05) is 40.8 Å². The highest BCUT2D eigenvalue weighted by Crippen LogP contribution is 2.30. The average Bonchev–Trinajstić information content (AvgIpc) is 2.70. The summed E-state index contributed by atoms with van der Waals surface area (Å²) in [7, 11) is 5.66. The van der Waals surface area contributed by atoms with Gasteiger partial charge in [0.1, 0.15) is 18.5 Å². The van der Waals surface area contributed by atoms with Crippen molar-refractivity contribution in [3.8, 4) is 11.5 Å². The molecule has 0 amide bonds. The van der Waals surface area contributed by atoms with Gasteiger partial charge in [-0.2, -0.15) is 0 Å². The molecule has 0 aliphatic carbocycles. The third kappa shape index (κ3) is 6.46. The standard InChI is InChI=1S/C21H27FN4O2.HI/c1-23-21(24-12-17-14-27-19-9-4-5-10-20(19)28-17)25-13-18(26(2)3)15-7-6-8-16(22)11-15;/h4-11,17-18H,12-14H2,1-3H3,(H2,23,24,25);1H. The highest BCUT2D eigenvalue weighted by atomic mass is 127. The van der Waals surface area contributed by atoms with Gasteiger partial charge in [0.2, 0.25) is 0 Å². The number of rotatable bonds is 6. The monoisotopic (exact) mass is 514 g/mol. The highest BCUT2D eigenvalue weighted by molar-refractivity contribution is 14.0. The summed E-state index contributed by atoms with van der Waals surface area (Å²) < 4.78 is 25.3. The van der Waals surface area contributed by atoms with E-state index in [0.717, 1.165) is 17.1 Å². The van der Waals surface area contributed by atoms with Gasteiger partial charge in [0, 0.05) is 13.6 Å². The summed E-state index contributed by atoms with van der Waals surface area (Å²) in [5.41, 5.74) is 0.911. The third-order valence-electron chi connectivity index (χ3n) is 4.61. The van der Waals surface area contributed by atoms with Gasteiger partial charge in [-0.1, -0.05) is 24.3 Å². The van der Waals surface area contributed by atoms with Crippen molar-refractivity contribution in [2.24, 2.45) is 4.99 Å². The molecule has 1 aliphatic rings. The fourth-order valence-corrected chi connectivity index (χ4v) is 3.10. The molecule has 8 heteroatoms. The van der Waals surface area contributed by atoms with Crippen LogP contribution in [-0.4, -0.2) is 57.8 Å². The molecule has 0 aromatic heterocycles. The molecule has 2 aromatic rings. The molecule has 2 aromatic carbocycles. The SMILES string of the molecule is CN=C(NCC1COc2ccccc2O1)NCC(c1cccc(F)c1)N(C)C.I. The molecule has 0 saturated heterocycles. The first-order chi connectivity index (χ1) is 13.6. The first kappa shape index (κ1) is 23.2. The van der Waals surface area contributed by atoms with Gasteiger partial charge >= 0.3 is 0 Å². The summed E-state index contributed by atoms with van der Waals surface area (Å²) in [5, 5.41) is 6.57. The zero-order chi connectivity index (χ0) is 19.9. The van der Waals surface area contributed by atoms with Crippen LogP contribution in [0, 0.1) is 5.82 Å². The summed E-state index contributed by atoms with van der Waals surface area (Å²) >= 11 is 0. The summed E-state index contributed by atoms with van der Waals surface area (Å²) in [6.45, 7) is 1.62. The Hall–Kier alpha value is -2.07. The lowest BCUT2D eigenvalue weighted by Gasteiger charge is -2.28. The molecule has 3 rings (SSSR count). The van der Waals surface area contributed by atoms with E-state index in [4.69, 9.17) is 9.47 Å². The van der Waals surface area contributed by atoms with Crippen molar-refractivity contribution >= 4 is 29.9 Å². The molecule has 6 nitrogen and oxygen atoms in total. The van der Waals surface area contributed by atoms with Crippen LogP contribution in [0.15, 0.2) is 53.5 Å². The van der Waals surface area contributed by atoms with Crippen LogP contribution in [0.25, 0.3) is 0 Å². The smallest absolute Gasteiger partial charge is 0.191 e. The lowest BCUT2D eigenvalue weighted by atomic mass is 10.1. The zero-order valence-corrected chi connectivity index (χ0v) is 19.2. The molecule has 0 spiro atoms. The van der Waals surface area contributed by atoms with E-state index in [2.05, 4.69) is 15.6 Å². The van der Waals surface area contributed by atoms with Crippen molar-refractivity contribution in [1.82, 2.24) is 15.5 Å². The van der Waals surface area contributed by atoms with Gasteiger partial charge in [-0.25, -0.2) is 4.39 Å². The largest absolute Gasteiger partial charge is 0.486 e. The second-order valence-corrected chi connectivity index (χ2v) is 6.87. The maximum atomic E-state index is 13.6. The summed E-state index contributed by atoms with van der Waals surface area (Å²) in [5.74, 6) is 1.94. The highest BCUT2D eigenvalue weighted by Gasteiger charge is 2.21. The van der Waals surface area contributed by atoms with E-state index in [1.807, 2.05) is 49.3 Å². The molecule has 0 fully saturated rings. The zero-order valence-electron chi connectivity index (χ0n) is 16.9. The predicted molar refractivity (Wildman–Crippen MR) is 124 cm³/mol. The fourth-order valence-electron chi connectivity index (χ4n) is 3.10. The van der Waals surface area contributed by atoms with E-state index >= 15 is 0 Å². The van der Waals surface area contributed by atoms with Crippen LogP contribution in [0.4, 0.5) is 4.39 Å². The number of aliphatic imine (C=N–C) groups is 1. The van der Waals surface area contributed by atoms with Crippen LogP contribution in [0.5, 0.6) is 11.5 Å². The maximum absolute atomic E-state index is 13.6. The lowest BCUT2D eigenvalue weighted by Crippen LogP contribution is -2.47. The second kappa shape index (κ2) is 11.2. The van der Waals surface area contributed by atoms with E-state index in [9.17, 15) is 4.39 Å².